The van der Waals surface area contributed by atoms with Crippen LogP contribution in [-0.2, 0) is 9.59 Å². The Morgan fingerprint density at radius 2 is 1.89 bits per heavy atom. The summed E-state index contributed by atoms with van der Waals surface area (Å²) in [5.74, 6) is -1.30. The molecular weight excluding hydrogens is 242 g/mol. The molecule has 1 fully saturated rings. The number of amides is 1. The van der Waals surface area contributed by atoms with Gasteiger partial charge in [0.2, 0.25) is 5.91 Å². The van der Waals surface area contributed by atoms with Crippen LogP contribution in [0.4, 0.5) is 5.69 Å². The Labute approximate surface area is 112 Å². The van der Waals surface area contributed by atoms with Crippen LogP contribution in [0.5, 0.6) is 0 Å². The first-order valence-corrected chi connectivity index (χ1v) is 6.63. The lowest BCUT2D eigenvalue weighted by Crippen LogP contribution is -2.23. The highest BCUT2D eigenvalue weighted by Gasteiger charge is 2.47. The highest BCUT2D eigenvalue weighted by atomic mass is 16.4. The predicted molar refractivity (Wildman–Crippen MR) is 73.1 cm³/mol. The van der Waals surface area contributed by atoms with Crippen molar-refractivity contribution >= 4 is 17.6 Å². The number of carboxylic acid groups (broad SMARTS) is 1. The van der Waals surface area contributed by atoms with Crippen molar-refractivity contribution in [3.8, 4) is 0 Å². The number of carbonyl (C=O) groups excluding carboxylic acids is 1. The maximum atomic E-state index is 12.0. The maximum Gasteiger partial charge on any atom is 0.310 e. The van der Waals surface area contributed by atoms with Gasteiger partial charge in [0.1, 0.15) is 0 Å². The van der Waals surface area contributed by atoms with E-state index in [0.717, 1.165) is 30.5 Å². The van der Waals surface area contributed by atoms with Crippen LogP contribution < -0.4 is 5.32 Å². The van der Waals surface area contributed by atoms with Crippen LogP contribution in [0.25, 0.3) is 0 Å². The topological polar surface area (TPSA) is 66.4 Å². The third kappa shape index (κ3) is 2.78. The summed E-state index contributed by atoms with van der Waals surface area (Å²) in [6.45, 7) is 3.68. The number of aliphatic carboxylic acids is 1. The van der Waals surface area contributed by atoms with Gasteiger partial charge in [0.05, 0.1) is 5.92 Å². The van der Waals surface area contributed by atoms with Crippen molar-refractivity contribution in [2.45, 2.75) is 39.0 Å². The molecule has 1 aliphatic rings. The standard InChI is InChI=1S/C15H19NO3/c1-3-15(8-9-15)14(19)16-12-6-4-11(5-7-12)10(2)13(17)18/h4-7,10H,3,8-9H2,1-2H3,(H,16,19)(H,17,18). The molecule has 0 aliphatic heterocycles. The van der Waals surface area contributed by atoms with Gasteiger partial charge in [-0.25, -0.2) is 0 Å². The van der Waals surface area contributed by atoms with Crippen LogP contribution in [0.3, 0.4) is 0 Å². The molecule has 4 nitrogen and oxygen atoms in total. The van der Waals surface area contributed by atoms with Gasteiger partial charge in [-0.15, -0.1) is 0 Å². The molecule has 19 heavy (non-hydrogen) atoms. The number of anilines is 1. The van der Waals surface area contributed by atoms with Crippen molar-refractivity contribution in [2.75, 3.05) is 5.32 Å². The van der Waals surface area contributed by atoms with Crippen molar-refractivity contribution in [1.82, 2.24) is 0 Å². The van der Waals surface area contributed by atoms with Crippen molar-refractivity contribution < 1.29 is 14.7 Å². The van der Waals surface area contributed by atoms with E-state index >= 15 is 0 Å². The lowest BCUT2D eigenvalue weighted by atomic mass is 10.0. The van der Waals surface area contributed by atoms with Crippen molar-refractivity contribution in [1.29, 1.82) is 0 Å². The third-order valence-electron chi connectivity index (χ3n) is 4.05. The highest BCUT2D eigenvalue weighted by molar-refractivity contribution is 5.97. The lowest BCUT2D eigenvalue weighted by Gasteiger charge is -2.13. The largest absolute Gasteiger partial charge is 0.481 e. The van der Waals surface area contributed by atoms with Crippen LogP contribution in [-0.4, -0.2) is 17.0 Å². The Balaban J connectivity index is 2.03. The Morgan fingerprint density at radius 1 is 1.32 bits per heavy atom. The van der Waals surface area contributed by atoms with E-state index in [2.05, 4.69) is 5.32 Å². The molecule has 0 saturated heterocycles. The number of nitrogens with one attached hydrogen (secondary N) is 1. The number of hydrogen-bond acceptors (Lipinski definition) is 2. The van der Waals surface area contributed by atoms with E-state index in [1.807, 2.05) is 6.92 Å². The molecule has 1 aromatic carbocycles. The van der Waals surface area contributed by atoms with Gasteiger partial charge in [-0.2, -0.15) is 0 Å². The third-order valence-corrected chi connectivity index (χ3v) is 4.05. The molecule has 2 rings (SSSR count). The lowest BCUT2D eigenvalue weighted by molar-refractivity contribution is -0.138. The molecule has 1 aliphatic carbocycles. The minimum atomic E-state index is -0.847. The van der Waals surface area contributed by atoms with Crippen LogP contribution in [0.1, 0.15) is 44.6 Å². The van der Waals surface area contributed by atoms with Crippen LogP contribution in [0.2, 0.25) is 0 Å². The second-order valence-electron chi connectivity index (χ2n) is 5.27. The summed E-state index contributed by atoms with van der Waals surface area (Å²) in [5.41, 5.74) is 1.31. The monoisotopic (exact) mass is 261 g/mol. The first-order chi connectivity index (χ1) is 8.98. The van der Waals surface area contributed by atoms with E-state index in [1.165, 1.54) is 0 Å². The average molecular weight is 261 g/mol. The Hall–Kier alpha value is -1.84. The van der Waals surface area contributed by atoms with Gasteiger partial charge in [-0.05, 0) is 43.9 Å². The molecule has 1 unspecified atom stereocenters. The molecule has 0 bridgehead atoms. The molecule has 1 aromatic rings. The Bertz CT molecular complexity index is 489. The van der Waals surface area contributed by atoms with E-state index in [9.17, 15) is 9.59 Å². The zero-order valence-electron chi connectivity index (χ0n) is 11.3. The smallest absolute Gasteiger partial charge is 0.310 e. The summed E-state index contributed by atoms with van der Waals surface area (Å²) in [5, 5.41) is 11.8. The minimum absolute atomic E-state index is 0.0778. The van der Waals surface area contributed by atoms with Crippen molar-refractivity contribution in [2.24, 2.45) is 5.41 Å². The van der Waals surface area contributed by atoms with Crippen LogP contribution in [0.15, 0.2) is 24.3 Å². The summed E-state index contributed by atoms with van der Waals surface area (Å²) in [4.78, 5) is 22.9. The van der Waals surface area contributed by atoms with Gasteiger partial charge in [0, 0.05) is 11.1 Å². The summed E-state index contributed by atoms with van der Waals surface area (Å²) >= 11 is 0. The summed E-state index contributed by atoms with van der Waals surface area (Å²) < 4.78 is 0. The first kappa shape index (κ1) is 13.6. The number of carboxylic acids is 1. The fourth-order valence-electron chi connectivity index (χ4n) is 2.15. The molecule has 0 aromatic heterocycles. The quantitative estimate of drug-likeness (QED) is 0.856. The fourth-order valence-corrected chi connectivity index (χ4v) is 2.15. The molecule has 0 heterocycles. The van der Waals surface area contributed by atoms with Gasteiger partial charge in [0.15, 0.2) is 0 Å². The predicted octanol–water partition coefficient (Wildman–Crippen LogP) is 3.00. The molecule has 0 radical (unpaired) electrons. The van der Waals surface area contributed by atoms with E-state index < -0.39 is 11.9 Å². The molecule has 1 saturated carbocycles. The van der Waals surface area contributed by atoms with E-state index in [-0.39, 0.29) is 11.3 Å². The first-order valence-electron chi connectivity index (χ1n) is 6.63. The van der Waals surface area contributed by atoms with Crippen LogP contribution >= 0.6 is 0 Å². The molecule has 4 heteroatoms. The van der Waals surface area contributed by atoms with Gasteiger partial charge >= 0.3 is 5.97 Å². The van der Waals surface area contributed by atoms with Gasteiger partial charge in [0.25, 0.3) is 0 Å². The van der Waals surface area contributed by atoms with Crippen molar-refractivity contribution in [3.63, 3.8) is 0 Å². The number of benzene rings is 1. The van der Waals surface area contributed by atoms with Crippen LogP contribution in [0, 0.1) is 5.41 Å². The Morgan fingerprint density at radius 3 is 2.32 bits per heavy atom. The Kier molecular flexibility index (Phi) is 3.60. The van der Waals surface area contributed by atoms with Gasteiger partial charge in [-0.1, -0.05) is 19.1 Å². The highest BCUT2D eigenvalue weighted by Crippen LogP contribution is 2.49. The number of rotatable bonds is 5. The normalized spacial score (nSPS) is 17.6. The fraction of sp³-hybridized carbons (Fsp3) is 0.467. The minimum Gasteiger partial charge on any atom is -0.481 e. The second kappa shape index (κ2) is 5.03. The summed E-state index contributed by atoms with van der Waals surface area (Å²) in [7, 11) is 0. The zero-order chi connectivity index (χ0) is 14.0. The molecular formula is C15H19NO3. The van der Waals surface area contributed by atoms with Gasteiger partial charge in [-0.3, -0.25) is 9.59 Å². The number of carbonyl (C=O) groups is 2. The second-order valence-corrected chi connectivity index (χ2v) is 5.27. The number of hydrogen-bond donors (Lipinski definition) is 2. The molecule has 2 N–H and O–H groups in total. The van der Waals surface area contributed by atoms with E-state index in [4.69, 9.17) is 5.11 Å². The zero-order valence-corrected chi connectivity index (χ0v) is 11.3. The molecule has 1 atom stereocenters. The molecule has 1 amide bonds. The maximum absolute atomic E-state index is 12.0. The van der Waals surface area contributed by atoms with Gasteiger partial charge < -0.3 is 10.4 Å². The summed E-state index contributed by atoms with van der Waals surface area (Å²) in [6.07, 6.45) is 2.79. The molecule has 0 spiro atoms. The van der Waals surface area contributed by atoms with E-state index in [1.54, 1.807) is 31.2 Å². The summed E-state index contributed by atoms with van der Waals surface area (Å²) in [6, 6.07) is 7.02. The molecule has 102 valence electrons. The average Bonchev–Trinajstić information content (AvgIpc) is 3.19. The van der Waals surface area contributed by atoms with E-state index in [0.29, 0.717) is 0 Å². The van der Waals surface area contributed by atoms with Crippen molar-refractivity contribution in [3.05, 3.63) is 29.8 Å². The SMILES string of the molecule is CCC1(C(=O)Nc2ccc(C(C)C(=O)O)cc2)CC1.